The van der Waals surface area contributed by atoms with Crippen LogP contribution in [0.4, 0.5) is 4.39 Å². The molecule has 2 aromatic rings. The zero-order chi connectivity index (χ0) is 14.7. The van der Waals surface area contributed by atoms with E-state index in [1.54, 1.807) is 12.1 Å². The van der Waals surface area contributed by atoms with Crippen LogP contribution in [0.25, 0.3) is 11.3 Å². The Balaban J connectivity index is 0. The van der Waals surface area contributed by atoms with E-state index >= 15 is 0 Å². The predicted octanol–water partition coefficient (Wildman–Crippen LogP) is 2.68. The lowest BCUT2D eigenvalue weighted by molar-refractivity contribution is 0.194. The first-order valence-electron chi connectivity index (χ1n) is 7.73. The summed E-state index contributed by atoms with van der Waals surface area (Å²) in [4.78, 5) is 2.53. The van der Waals surface area contributed by atoms with Crippen LogP contribution in [-0.4, -0.2) is 45.7 Å². The van der Waals surface area contributed by atoms with Gasteiger partial charge in [-0.15, -0.1) is 24.8 Å². The Kier molecular flexibility index (Phi) is 12.7. The van der Waals surface area contributed by atoms with Crippen LogP contribution < -0.4 is 0 Å². The molecule has 0 radical (unpaired) electrons. The fraction of sp³-hybridized carbons (Fsp3) is 0.471. The maximum atomic E-state index is 13.0. The summed E-state index contributed by atoms with van der Waals surface area (Å²) >= 11 is 0. The molecule has 0 aliphatic carbocycles. The normalized spacial score (nSPS) is 14.5. The van der Waals surface area contributed by atoms with Gasteiger partial charge >= 0.3 is 0 Å². The summed E-state index contributed by atoms with van der Waals surface area (Å²) in [5.41, 5.74) is 3.22. The standard InChI is InChI=1S/C17H22FN3.2ClH.2H2O/c1-13-6-9-21(10-7-13)11-8-15-12-19-20-17(15)14-2-4-16(18)5-3-14;;;;/h2-5,12-13H,6-11H2,1H3,(H,19,20);2*1H;2*1H2. The van der Waals surface area contributed by atoms with E-state index in [-0.39, 0.29) is 41.6 Å². The Labute approximate surface area is 160 Å². The topological polar surface area (TPSA) is 94.9 Å². The Morgan fingerprint density at radius 1 is 1.12 bits per heavy atom. The summed E-state index contributed by atoms with van der Waals surface area (Å²) in [6.45, 7) is 5.80. The van der Waals surface area contributed by atoms with Crippen molar-refractivity contribution in [3.05, 3.63) is 41.8 Å². The second kappa shape index (κ2) is 12.2. The molecule has 8 heteroatoms. The smallest absolute Gasteiger partial charge is 0.123 e. The molecule has 5 N–H and O–H groups in total. The van der Waals surface area contributed by atoms with E-state index in [2.05, 4.69) is 22.0 Å². The maximum absolute atomic E-state index is 13.0. The number of halogens is 3. The van der Waals surface area contributed by atoms with E-state index in [1.165, 1.54) is 43.6 Å². The Morgan fingerprint density at radius 3 is 2.32 bits per heavy atom. The van der Waals surface area contributed by atoms with Gasteiger partial charge in [-0.1, -0.05) is 6.92 Å². The van der Waals surface area contributed by atoms with Gasteiger partial charge in [0, 0.05) is 12.1 Å². The first-order chi connectivity index (χ1) is 10.2. The number of nitrogens with one attached hydrogen (secondary N) is 1. The summed E-state index contributed by atoms with van der Waals surface area (Å²) in [6.07, 6.45) is 5.48. The van der Waals surface area contributed by atoms with Gasteiger partial charge in [0.2, 0.25) is 0 Å². The average molecular weight is 396 g/mol. The lowest BCUT2D eigenvalue weighted by atomic mass is 9.98. The van der Waals surface area contributed by atoms with Gasteiger partial charge in [-0.25, -0.2) is 4.39 Å². The van der Waals surface area contributed by atoms with E-state index < -0.39 is 0 Å². The summed E-state index contributed by atoms with van der Waals surface area (Å²) in [5.74, 6) is 0.659. The maximum Gasteiger partial charge on any atom is 0.123 e. The number of aromatic nitrogens is 2. The molecule has 2 heterocycles. The van der Waals surface area contributed by atoms with Gasteiger partial charge in [-0.05, 0) is 68.1 Å². The van der Waals surface area contributed by atoms with Crippen molar-refractivity contribution in [3.8, 4) is 11.3 Å². The van der Waals surface area contributed by atoms with Crippen LogP contribution >= 0.6 is 24.8 Å². The SMILES string of the molecule is CC1CCN(CCc2cn[nH]c2-c2ccc(F)cc2)CC1.Cl.Cl.O.O. The number of aromatic amines is 1. The molecule has 1 aromatic carbocycles. The van der Waals surface area contributed by atoms with Crippen LogP contribution in [0.2, 0.25) is 0 Å². The van der Waals surface area contributed by atoms with Crippen molar-refractivity contribution in [2.24, 2.45) is 5.92 Å². The van der Waals surface area contributed by atoms with Crippen LogP contribution in [0.5, 0.6) is 0 Å². The second-order valence-electron chi connectivity index (χ2n) is 6.05. The minimum Gasteiger partial charge on any atom is -0.412 e. The van der Waals surface area contributed by atoms with Crippen LogP contribution in [0.15, 0.2) is 30.5 Å². The number of H-pyrrole nitrogens is 1. The van der Waals surface area contributed by atoms with Crippen molar-refractivity contribution < 1.29 is 15.3 Å². The predicted molar refractivity (Wildman–Crippen MR) is 104 cm³/mol. The Hall–Kier alpha value is -1.18. The summed E-state index contributed by atoms with van der Waals surface area (Å²) in [5, 5.41) is 7.20. The molecule has 144 valence electrons. The van der Waals surface area contributed by atoms with Crippen molar-refractivity contribution in [3.63, 3.8) is 0 Å². The third-order valence-electron chi connectivity index (χ3n) is 4.42. The van der Waals surface area contributed by atoms with Crippen LogP contribution in [0, 0.1) is 11.7 Å². The molecule has 0 atom stereocenters. The van der Waals surface area contributed by atoms with E-state index in [9.17, 15) is 4.39 Å². The fourth-order valence-corrected chi connectivity index (χ4v) is 2.93. The average Bonchev–Trinajstić information content (AvgIpc) is 2.96. The monoisotopic (exact) mass is 395 g/mol. The Morgan fingerprint density at radius 2 is 1.72 bits per heavy atom. The molecule has 3 rings (SSSR count). The quantitative estimate of drug-likeness (QED) is 0.860. The lowest BCUT2D eigenvalue weighted by Gasteiger charge is -2.30. The molecule has 1 saturated heterocycles. The number of hydrogen-bond donors (Lipinski definition) is 1. The van der Waals surface area contributed by atoms with Gasteiger partial charge in [0.05, 0.1) is 11.9 Å². The van der Waals surface area contributed by atoms with E-state index in [0.29, 0.717) is 0 Å². The highest BCUT2D eigenvalue weighted by molar-refractivity contribution is 5.85. The van der Waals surface area contributed by atoms with Crippen LogP contribution in [-0.2, 0) is 6.42 Å². The zero-order valence-electron chi connectivity index (χ0n) is 14.3. The number of nitrogens with zero attached hydrogens (tertiary/aromatic N) is 2. The summed E-state index contributed by atoms with van der Waals surface area (Å²) in [7, 11) is 0. The molecular weight excluding hydrogens is 368 g/mol. The van der Waals surface area contributed by atoms with E-state index in [1.807, 2.05) is 6.20 Å². The number of likely N-dealkylation sites (tertiary alicyclic amines) is 1. The first-order valence-corrected chi connectivity index (χ1v) is 7.73. The third-order valence-corrected chi connectivity index (χ3v) is 4.42. The van der Waals surface area contributed by atoms with Crippen molar-refractivity contribution in [2.75, 3.05) is 19.6 Å². The molecule has 0 unspecified atom stereocenters. The van der Waals surface area contributed by atoms with Gasteiger partial charge in [-0.2, -0.15) is 5.10 Å². The van der Waals surface area contributed by atoms with E-state index in [4.69, 9.17) is 0 Å². The van der Waals surface area contributed by atoms with Crippen LogP contribution in [0.1, 0.15) is 25.3 Å². The molecule has 0 saturated carbocycles. The summed E-state index contributed by atoms with van der Waals surface area (Å²) in [6, 6.07) is 6.59. The zero-order valence-corrected chi connectivity index (χ0v) is 15.9. The van der Waals surface area contributed by atoms with Crippen molar-refractivity contribution in [1.29, 1.82) is 0 Å². The first kappa shape index (κ1) is 26.1. The number of rotatable bonds is 4. The van der Waals surface area contributed by atoms with E-state index in [0.717, 1.165) is 30.1 Å². The number of hydrogen-bond acceptors (Lipinski definition) is 2. The molecule has 0 spiro atoms. The molecule has 1 aliphatic rings. The molecule has 1 aromatic heterocycles. The highest BCUT2D eigenvalue weighted by atomic mass is 35.5. The highest BCUT2D eigenvalue weighted by Crippen LogP contribution is 2.23. The van der Waals surface area contributed by atoms with Gasteiger partial charge in [-0.3, -0.25) is 5.10 Å². The molecule has 0 amide bonds. The Bertz CT molecular complexity index is 588. The largest absolute Gasteiger partial charge is 0.412 e. The molecule has 0 bridgehead atoms. The van der Waals surface area contributed by atoms with Crippen molar-refractivity contribution >= 4 is 24.8 Å². The minimum atomic E-state index is -0.206. The third kappa shape index (κ3) is 6.92. The lowest BCUT2D eigenvalue weighted by Crippen LogP contribution is -2.34. The van der Waals surface area contributed by atoms with Gasteiger partial charge in [0.15, 0.2) is 0 Å². The van der Waals surface area contributed by atoms with Crippen molar-refractivity contribution in [2.45, 2.75) is 26.2 Å². The molecule has 1 aliphatic heterocycles. The van der Waals surface area contributed by atoms with Gasteiger partial charge < -0.3 is 15.9 Å². The van der Waals surface area contributed by atoms with Gasteiger partial charge in [0.25, 0.3) is 0 Å². The molecule has 1 fully saturated rings. The highest BCUT2D eigenvalue weighted by Gasteiger charge is 2.16. The second-order valence-corrected chi connectivity index (χ2v) is 6.05. The number of piperidine rings is 1. The number of benzene rings is 1. The minimum absolute atomic E-state index is 0. The fourth-order valence-electron chi connectivity index (χ4n) is 2.93. The molecule has 25 heavy (non-hydrogen) atoms. The molecule has 5 nitrogen and oxygen atoms in total. The van der Waals surface area contributed by atoms with Gasteiger partial charge in [0.1, 0.15) is 5.82 Å². The molecular formula is C17H28Cl2FN3O2. The van der Waals surface area contributed by atoms with Crippen LogP contribution in [0.3, 0.4) is 0 Å². The van der Waals surface area contributed by atoms with Crippen molar-refractivity contribution in [1.82, 2.24) is 15.1 Å². The summed E-state index contributed by atoms with van der Waals surface area (Å²) < 4.78 is 13.0.